The lowest BCUT2D eigenvalue weighted by Crippen LogP contribution is -2.10. The van der Waals surface area contributed by atoms with Crippen LogP contribution in [-0.4, -0.2) is 4.57 Å². The monoisotopic (exact) mass is 765 g/mol. The molecule has 11 aromatic rings. The second-order valence-corrected chi connectivity index (χ2v) is 15.3. The van der Waals surface area contributed by atoms with Crippen molar-refractivity contribution in [3.8, 4) is 50.2 Å². The molecule has 0 aliphatic carbocycles. The lowest BCUT2D eigenvalue weighted by molar-refractivity contribution is 1.18. The highest BCUT2D eigenvalue weighted by Gasteiger charge is 2.18. The van der Waals surface area contributed by atoms with Gasteiger partial charge in [0.15, 0.2) is 0 Å². The van der Waals surface area contributed by atoms with E-state index in [2.05, 4.69) is 222 Å². The first kappa shape index (κ1) is 34.1. The van der Waals surface area contributed by atoms with E-state index in [0.29, 0.717) is 6.04 Å². The third-order valence-electron chi connectivity index (χ3n) is 11.7. The Hall–Kier alpha value is -7.94. The lowest BCUT2D eigenvalue weighted by atomic mass is 9.96. The van der Waals surface area contributed by atoms with Gasteiger partial charge in [0.25, 0.3) is 0 Å². The van der Waals surface area contributed by atoms with Gasteiger partial charge in [-0.15, -0.1) is 0 Å². The predicted molar refractivity (Wildman–Crippen MR) is 255 cm³/mol. The van der Waals surface area contributed by atoms with Gasteiger partial charge in [0.05, 0.1) is 12.4 Å². The van der Waals surface area contributed by atoms with Crippen molar-refractivity contribution in [2.75, 3.05) is 4.90 Å². The number of nitrogens with zero attached hydrogens (tertiary/aromatic N) is 2. The largest absolute Gasteiger partial charge is 0.310 e. The van der Waals surface area contributed by atoms with Crippen LogP contribution in [0.4, 0.5) is 17.1 Å². The van der Waals surface area contributed by atoms with Gasteiger partial charge in [-0.05, 0) is 116 Å². The first-order valence-corrected chi connectivity index (χ1v) is 20.5. The van der Waals surface area contributed by atoms with Crippen molar-refractivity contribution in [2.45, 2.75) is 0 Å². The summed E-state index contributed by atoms with van der Waals surface area (Å²) in [4.78, 5) is 2.35. The van der Waals surface area contributed by atoms with Crippen molar-refractivity contribution in [2.24, 2.45) is 0 Å². The Bertz CT molecular complexity index is 3320. The molecule has 0 fully saturated rings. The van der Waals surface area contributed by atoms with Gasteiger partial charge in [-0.3, -0.25) is 0 Å². The van der Waals surface area contributed by atoms with Crippen molar-refractivity contribution >= 4 is 49.6 Å². The lowest BCUT2D eigenvalue weighted by Gasteiger charge is -2.26. The zero-order valence-electron chi connectivity index (χ0n) is 33.9. The molecule has 0 atom stereocenters. The van der Waals surface area contributed by atoms with Gasteiger partial charge >= 0.3 is 0 Å². The highest BCUT2D eigenvalue weighted by Crippen LogP contribution is 2.42. The summed E-state index contributed by atoms with van der Waals surface area (Å²) in [5, 5.41) is 4.99. The molecule has 0 aliphatic heterocycles. The molecular weight excluding hydrogens is 725 g/mol. The summed E-state index contributed by atoms with van der Waals surface area (Å²) in [6.07, 6.45) is 0. The van der Waals surface area contributed by atoms with Crippen LogP contribution in [0.1, 0.15) is 1.37 Å². The van der Waals surface area contributed by atoms with Crippen LogP contribution in [0.25, 0.3) is 82.8 Å². The predicted octanol–water partition coefficient (Wildman–Crippen LogP) is 16.1. The molecule has 0 amide bonds. The van der Waals surface area contributed by atoms with Gasteiger partial charge in [0.2, 0.25) is 0 Å². The Morgan fingerprint density at radius 3 is 1.58 bits per heavy atom. The molecule has 0 bridgehead atoms. The van der Waals surface area contributed by atoms with Crippen LogP contribution >= 0.6 is 0 Å². The van der Waals surface area contributed by atoms with Crippen LogP contribution in [0.5, 0.6) is 0 Å². The maximum Gasteiger partial charge on any atom is 0.0623 e. The van der Waals surface area contributed by atoms with Gasteiger partial charge in [-0.2, -0.15) is 0 Å². The zero-order chi connectivity index (χ0) is 40.7. The Morgan fingerprint density at radius 2 is 0.850 bits per heavy atom. The molecule has 60 heavy (non-hydrogen) atoms. The molecule has 0 spiro atoms. The normalized spacial score (nSPS) is 11.6. The molecule has 0 aliphatic rings. The Morgan fingerprint density at radius 1 is 0.333 bits per heavy atom. The minimum Gasteiger partial charge on any atom is -0.310 e. The molecule has 282 valence electrons. The summed E-state index contributed by atoms with van der Waals surface area (Å²) >= 11 is 0. The van der Waals surface area contributed by atoms with E-state index in [9.17, 15) is 0 Å². The molecule has 10 aromatic carbocycles. The molecule has 0 saturated carbocycles. The summed E-state index contributed by atoms with van der Waals surface area (Å²) in [6.45, 7) is 0. The van der Waals surface area contributed by atoms with E-state index in [1.54, 1.807) is 0 Å². The number of fused-ring (bicyclic) bond motifs is 4. The SMILES string of the molecule is [2H]c1ccc(-c2ccc(N(c3ccc(-c4ccc(-c5cccc6ccccc56)cc4)cc3)c3cccc(-c4cccc5c4c4ccccc4n5-c4ccccc4)c3)cc2)cc1. The molecule has 0 saturated heterocycles. The summed E-state index contributed by atoms with van der Waals surface area (Å²) in [5.41, 5.74) is 16.1. The maximum absolute atomic E-state index is 7.97. The number of para-hydroxylation sites is 2. The Labute approximate surface area is 351 Å². The average molecular weight is 766 g/mol. The van der Waals surface area contributed by atoms with Crippen molar-refractivity contribution in [3.05, 3.63) is 243 Å². The van der Waals surface area contributed by atoms with Crippen molar-refractivity contribution < 1.29 is 1.37 Å². The number of anilines is 3. The standard InChI is InChI=1S/C58H40N2/c1-3-14-41(15-4-1)43-32-36-49(37-33-43)59(50-38-34-44(35-39-50)42-28-30-46(31-29-42)53-24-12-17-45-16-7-8-22-52(45)53)51-21-11-18-47(40-51)54-25-13-27-57-58(54)55-23-9-10-26-56(55)60(57)48-19-5-2-6-20-48/h1-40H/i1D. The second-order valence-electron chi connectivity index (χ2n) is 15.3. The van der Waals surface area contributed by atoms with Gasteiger partial charge in [0, 0.05) is 33.5 Å². The molecule has 0 N–H and O–H groups in total. The molecule has 0 radical (unpaired) electrons. The number of rotatable bonds is 8. The second kappa shape index (κ2) is 15.1. The number of hydrogen-bond acceptors (Lipinski definition) is 1. The first-order chi connectivity index (χ1) is 30.2. The molecule has 2 heteroatoms. The minimum atomic E-state index is 0.510. The van der Waals surface area contributed by atoms with E-state index in [4.69, 9.17) is 1.37 Å². The summed E-state index contributed by atoms with van der Waals surface area (Å²) in [7, 11) is 0. The summed E-state index contributed by atoms with van der Waals surface area (Å²) < 4.78 is 10.4. The number of hydrogen-bond donors (Lipinski definition) is 0. The topological polar surface area (TPSA) is 8.17 Å². The Balaban J connectivity index is 0.997. The van der Waals surface area contributed by atoms with Gasteiger partial charge in [-0.25, -0.2) is 0 Å². The van der Waals surface area contributed by atoms with Crippen LogP contribution in [0.2, 0.25) is 0 Å². The van der Waals surface area contributed by atoms with Gasteiger partial charge in [-0.1, -0.05) is 182 Å². The van der Waals surface area contributed by atoms with E-state index in [1.165, 1.54) is 54.8 Å². The van der Waals surface area contributed by atoms with E-state index < -0.39 is 0 Å². The molecular formula is C58H40N2. The van der Waals surface area contributed by atoms with Gasteiger partial charge < -0.3 is 9.47 Å². The highest BCUT2D eigenvalue weighted by molar-refractivity contribution is 6.16. The van der Waals surface area contributed by atoms with Crippen LogP contribution in [0, 0.1) is 0 Å². The van der Waals surface area contributed by atoms with E-state index in [0.717, 1.165) is 45.0 Å². The number of aromatic nitrogens is 1. The molecule has 11 rings (SSSR count). The Kier molecular flexibility index (Phi) is 8.59. The zero-order valence-corrected chi connectivity index (χ0v) is 32.9. The number of benzene rings is 10. The van der Waals surface area contributed by atoms with Gasteiger partial charge in [0.1, 0.15) is 0 Å². The van der Waals surface area contributed by atoms with Crippen LogP contribution in [0.3, 0.4) is 0 Å². The highest BCUT2D eigenvalue weighted by atomic mass is 15.1. The fourth-order valence-corrected chi connectivity index (χ4v) is 8.88. The smallest absolute Gasteiger partial charge is 0.0623 e. The van der Waals surface area contributed by atoms with Crippen LogP contribution < -0.4 is 4.90 Å². The van der Waals surface area contributed by atoms with E-state index in [1.807, 2.05) is 24.3 Å². The fourth-order valence-electron chi connectivity index (χ4n) is 8.88. The van der Waals surface area contributed by atoms with E-state index in [-0.39, 0.29) is 0 Å². The minimum absolute atomic E-state index is 0.510. The van der Waals surface area contributed by atoms with Crippen molar-refractivity contribution in [3.63, 3.8) is 0 Å². The summed E-state index contributed by atoms with van der Waals surface area (Å²) in [6, 6.07) is 84.9. The van der Waals surface area contributed by atoms with Crippen molar-refractivity contribution in [1.82, 2.24) is 4.57 Å². The third-order valence-corrected chi connectivity index (χ3v) is 11.7. The van der Waals surface area contributed by atoms with Crippen molar-refractivity contribution in [1.29, 1.82) is 0 Å². The van der Waals surface area contributed by atoms with Crippen LogP contribution in [0.15, 0.2) is 243 Å². The fraction of sp³-hybridized carbons (Fsp3) is 0. The third kappa shape index (κ3) is 6.32. The molecule has 2 nitrogen and oxygen atoms in total. The molecule has 1 aromatic heterocycles. The van der Waals surface area contributed by atoms with E-state index >= 15 is 0 Å². The molecule has 1 heterocycles. The van der Waals surface area contributed by atoms with Crippen LogP contribution in [-0.2, 0) is 0 Å². The maximum atomic E-state index is 7.97. The summed E-state index contributed by atoms with van der Waals surface area (Å²) in [5.74, 6) is 0. The first-order valence-electron chi connectivity index (χ1n) is 21.0. The average Bonchev–Trinajstić information content (AvgIpc) is 3.67. The molecule has 0 unspecified atom stereocenters. The quantitative estimate of drug-likeness (QED) is 0.150.